The number of alkyl halides is 2. The summed E-state index contributed by atoms with van der Waals surface area (Å²) in [5, 5.41) is 5.59. The summed E-state index contributed by atoms with van der Waals surface area (Å²) in [6.45, 7) is 1.62. The maximum Gasteiger partial charge on any atom is 0.296 e. The molecule has 0 saturated heterocycles. The fraction of sp³-hybridized carbons (Fsp3) is 0.600. The van der Waals surface area contributed by atoms with Crippen LogP contribution in [0.1, 0.15) is 31.0 Å². The quantitative estimate of drug-likeness (QED) is 0.674. The summed E-state index contributed by atoms with van der Waals surface area (Å²) in [6, 6.07) is -0.418. The molecule has 0 unspecified atom stereocenters. The number of rotatable bonds is 2. The highest BCUT2D eigenvalue weighted by Crippen LogP contribution is 2.14. The second-order valence-corrected chi connectivity index (χ2v) is 2.17. The molecule has 0 aliphatic rings. The first kappa shape index (κ1) is 8.06. The zero-order valence-electron chi connectivity index (χ0n) is 5.88. The Bertz CT molecular complexity index is 210. The van der Waals surface area contributed by atoms with Crippen LogP contribution in [0.3, 0.4) is 0 Å². The molecule has 11 heavy (non-hydrogen) atoms. The number of hydrogen-bond acceptors (Lipinski definition) is 3. The van der Waals surface area contributed by atoms with Crippen molar-refractivity contribution in [3.63, 3.8) is 0 Å². The van der Waals surface area contributed by atoms with E-state index >= 15 is 0 Å². The molecule has 0 spiro atoms. The van der Waals surface area contributed by atoms with Crippen LogP contribution in [0.2, 0.25) is 0 Å². The van der Waals surface area contributed by atoms with Gasteiger partial charge in [0, 0.05) is 0 Å². The molecule has 0 saturated carbocycles. The van der Waals surface area contributed by atoms with Gasteiger partial charge in [0.1, 0.15) is 0 Å². The van der Waals surface area contributed by atoms with Crippen molar-refractivity contribution in [3.05, 3.63) is 11.6 Å². The summed E-state index contributed by atoms with van der Waals surface area (Å²) in [5.41, 5.74) is 5.34. The molecule has 0 fully saturated rings. The van der Waals surface area contributed by atoms with Crippen molar-refractivity contribution in [3.8, 4) is 0 Å². The predicted molar refractivity (Wildman–Crippen MR) is 33.9 cm³/mol. The van der Waals surface area contributed by atoms with E-state index in [9.17, 15) is 8.78 Å². The van der Waals surface area contributed by atoms with Gasteiger partial charge >= 0.3 is 0 Å². The third-order valence-corrected chi connectivity index (χ3v) is 1.13. The molecule has 6 heteroatoms. The third-order valence-electron chi connectivity index (χ3n) is 1.13. The van der Waals surface area contributed by atoms with Gasteiger partial charge < -0.3 is 5.73 Å². The van der Waals surface area contributed by atoms with Crippen LogP contribution in [0.15, 0.2) is 0 Å². The Morgan fingerprint density at radius 3 is 2.45 bits per heavy atom. The van der Waals surface area contributed by atoms with Crippen molar-refractivity contribution in [1.82, 2.24) is 15.2 Å². The molecule has 0 aliphatic heterocycles. The Morgan fingerprint density at radius 2 is 2.18 bits per heavy atom. The minimum Gasteiger partial charge on any atom is -0.321 e. The Morgan fingerprint density at radius 1 is 1.55 bits per heavy atom. The van der Waals surface area contributed by atoms with Crippen molar-refractivity contribution >= 4 is 0 Å². The lowest BCUT2D eigenvalue weighted by atomic mass is 10.3. The molecule has 3 N–H and O–H groups in total. The van der Waals surface area contributed by atoms with E-state index in [1.54, 1.807) is 6.92 Å². The van der Waals surface area contributed by atoms with E-state index < -0.39 is 18.3 Å². The third kappa shape index (κ3) is 1.70. The van der Waals surface area contributed by atoms with Crippen LogP contribution in [0, 0.1) is 0 Å². The largest absolute Gasteiger partial charge is 0.321 e. The number of hydrogen-bond donors (Lipinski definition) is 2. The first-order valence-corrected chi connectivity index (χ1v) is 3.07. The lowest BCUT2D eigenvalue weighted by Crippen LogP contribution is -2.06. The number of nitrogens with zero attached hydrogens (tertiary/aromatic N) is 2. The highest BCUT2D eigenvalue weighted by atomic mass is 19.3. The molecule has 1 rings (SSSR count). The van der Waals surface area contributed by atoms with Crippen LogP contribution in [0.25, 0.3) is 0 Å². The summed E-state index contributed by atoms with van der Waals surface area (Å²) in [7, 11) is 0. The fourth-order valence-corrected chi connectivity index (χ4v) is 0.589. The molecule has 0 amide bonds. The Kier molecular flexibility index (Phi) is 2.13. The smallest absolute Gasteiger partial charge is 0.296 e. The molecule has 0 radical (unpaired) electrons. The molecule has 1 heterocycles. The minimum absolute atomic E-state index is 0.209. The number of nitrogens with two attached hydrogens (primary N) is 1. The predicted octanol–water partition coefficient (Wildman–Crippen LogP) is 0.762. The monoisotopic (exact) mass is 162 g/mol. The topological polar surface area (TPSA) is 67.6 Å². The van der Waals surface area contributed by atoms with Gasteiger partial charge in [0.25, 0.3) is 6.43 Å². The summed E-state index contributed by atoms with van der Waals surface area (Å²) >= 11 is 0. The fourth-order valence-electron chi connectivity index (χ4n) is 0.589. The number of halogens is 2. The van der Waals surface area contributed by atoms with Gasteiger partial charge in [-0.2, -0.15) is 5.10 Å². The van der Waals surface area contributed by atoms with E-state index in [1.165, 1.54) is 0 Å². The van der Waals surface area contributed by atoms with Gasteiger partial charge in [0.2, 0.25) is 0 Å². The molecule has 4 nitrogen and oxygen atoms in total. The lowest BCUT2D eigenvalue weighted by molar-refractivity contribution is 0.140. The first-order chi connectivity index (χ1) is 5.11. The van der Waals surface area contributed by atoms with Crippen molar-refractivity contribution in [2.24, 2.45) is 5.73 Å². The van der Waals surface area contributed by atoms with E-state index in [1.807, 2.05) is 0 Å². The van der Waals surface area contributed by atoms with Crippen LogP contribution in [-0.2, 0) is 0 Å². The van der Waals surface area contributed by atoms with Gasteiger partial charge in [-0.3, -0.25) is 5.10 Å². The number of H-pyrrole nitrogens is 1. The van der Waals surface area contributed by atoms with Crippen molar-refractivity contribution in [2.75, 3.05) is 0 Å². The summed E-state index contributed by atoms with van der Waals surface area (Å²) in [5.74, 6) is -0.224. The zero-order chi connectivity index (χ0) is 8.43. The molecule has 0 bridgehead atoms. The van der Waals surface area contributed by atoms with E-state index in [0.717, 1.165) is 0 Å². The summed E-state index contributed by atoms with van der Waals surface area (Å²) in [6.07, 6.45) is -2.62. The van der Waals surface area contributed by atoms with Crippen LogP contribution in [-0.4, -0.2) is 15.2 Å². The lowest BCUT2D eigenvalue weighted by Gasteiger charge is -1.94. The molecule has 1 atom stereocenters. The number of aromatic nitrogens is 3. The van der Waals surface area contributed by atoms with Crippen LogP contribution >= 0.6 is 0 Å². The van der Waals surface area contributed by atoms with E-state index in [0.29, 0.717) is 0 Å². The van der Waals surface area contributed by atoms with Crippen LogP contribution in [0.5, 0.6) is 0 Å². The molecule has 0 aliphatic carbocycles. The SMILES string of the molecule is C[C@H](N)c1n[nH]c(C(F)F)n1. The number of aromatic amines is 1. The molecular weight excluding hydrogens is 154 g/mol. The maximum absolute atomic E-state index is 11.9. The van der Waals surface area contributed by atoms with Gasteiger partial charge in [-0.15, -0.1) is 0 Å². The maximum atomic E-state index is 11.9. The highest BCUT2D eigenvalue weighted by Gasteiger charge is 2.14. The van der Waals surface area contributed by atoms with Gasteiger partial charge in [0.05, 0.1) is 6.04 Å². The van der Waals surface area contributed by atoms with Gasteiger partial charge in [-0.25, -0.2) is 13.8 Å². The van der Waals surface area contributed by atoms with E-state index in [2.05, 4.69) is 15.2 Å². The molecule has 1 aromatic rings. The minimum atomic E-state index is -2.62. The van der Waals surface area contributed by atoms with E-state index in [4.69, 9.17) is 5.73 Å². The normalized spacial score (nSPS) is 13.9. The summed E-state index contributed by atoms with van der Waals surface area (Å²) in [4.78, 5) is 3.47. The molecular formula is C5H8F2N4. The van der Waals surface area contributed by atoms with Gasteiger partial charge in [-0.1, -0.05) is 0 Å². The molecule has 1 aromatic heterocycles. The number of nitrogens with one attached hydrogen (secondary N) is 1. The average molecular weight is 162 g/mol. The van der Waals surface area contributed by atoms with Crippen LogP contribution < -0.4 is 5.73 Å². The van der Waals surface area contributed by atoms with Crippen LogP contribution in [0.4, 0.5) is 8.78 Å². The van der Waals surface area contributed by atoms with Crippen molar-refractivity contribution in [2.45, 2.75) is 19.4 Å². The van der Waals surface area contributed by atoms with Gasteiger partial charge in [0.15, 0.2) is 11.6 Å². The zero-order valence-corrected chi connectivity index (χ0v) is 5.88. The van der Waals surface area contributed by atoms with E-state index in [-0.39, 0.29) is 5.82 Å². The highest BCUT2D eigenvalue weighted by molar-refractivity contribution is 4.94. The van der Waals surface area contributed by atoms with Crippen molar-refractivity contribution < 1.29 is 8.78 Å². The Hall–Kier alpha value is -1.04. The summed E-state index contributed by atoms with van der Waals surface area (Å²) < 4.78 is 23.7. The second kappa shape index (κ2) is 2.91. The first-order valence-electron chi connectivity index (χ1n) is 3.07. The Labute approximate surface area is 61.8 Å². The Balaban J connectivity index is 2.82. The molecule has 62 valence electrons. The molecule has 0 aromatic carbocycles. The van der Waals surface area contributed by atoms with Crippen molar-refractivity contribution in [1.29, 1.82) is 0 Å². The van der Waals surface area contributed by atoms with Gasteiger partial charge in [-0.05, 0) is 6.92 Å². The second-order valence-electron chi connectivity index (χ2n) is 2.17. The standard InChI is InChI=1S/C5H8F2N4/c1-2(8)4-9-5(3(6)7)11-10-4/h2-3H,8H2,1H3,(H,9,10,11)/t2-/m0/s1. The average Bonchev–Trinajstić information content (AvgIpc) is 2.33.